The Morgan fingerprint density at radius 2 is 2.15 bits per heavy atom. The van der Waals surface area contributed by atoms with Gasteiger partial charge in [0.25, 0.3) is 0 Å². The number of hydrogen-bond donors (Lipinski definition) is 1. The number of piperazine rings is 1. The van der Waals surface area contributed by atoms with E-state index in [1.54, 1.807) is 41.4 Å². The molecule has 1 aromatic carbocycles. The van der Waals surface area contributed by atoms with Gasteiger partial charge in [0.2, 0.25) is 5.91 Å². The number of carbonyl (C=O) groups excluding carboxylic acids is 1. The monoisotopic (exact) mass is 355 g/mol. The maximum absolute atomic E-state index is 13.6. The lowest BCUT2D eigenvalue weighted by atomic mass is 10.0. The third-order valence-electron chi connectivity index (χ3n) is 4.57. The van der Waals surface area contributed by atoms with Gasteiger partial charge in [-0.1, -0.05) is 18.2 Å². The number of hydrogen-bond acceptors (Lipinski definition) is 4. The lowest BCUT2D eigenvalue weighted by molar-refractivity contribution is -0.135. The molecule has 1 unspecified atom stereocenters. The fraction of sp³-hybridized carbons (Fsp3) is 0.278. The third kappa shape index (κ3) is 2.99. The van der Waals surface area contributed by atoms with E-state index in [4.69, 9.17) is 0 Å². The van der Waals surface area contributed by atoms with Crippen molar-refractivity contribution in [3.63, 3.8) is 0 Å². The highest BCUT2D eigenvalue weighted by Crippen LogP contribution is 2.23. The average molecular weight is 355 g/mol. The molecule has 26 heavy (non-hydrogen) atoms. The normalized spacial score (nSPS) is 17.6. The second-order valence-corrected chi connectivity index (χ2v) is 6.23. The maximum atomic E-state index is 13.6. The molecular weight excluding hydrogens is 337 g/mol. The number of pyridine rings is 1. The first-order valence-corrected chi connectivity index (χ1v) is 8.43. The number of benzene rings is 1. The van der Waals surface area contributed by atoms with Crippen molar-refractivity contribution in [1.82, 2.24) is 24.4 Å². The second kappa shape index (κ2) is 6.72. The summed E-state index contributed by atoms with van der Waals surface area (Å²) in [5.74, 6) is -0.552. The molecule has 0 aliphatic carbocycles. The summed E-state index contributed by atoms with van der Waals surface area (Å²) in [4.78, 5) is 26.9. The zero-order valence-electron chi connectivity index (χ0n) is 14.0. The summed E-state index contributed by atoms with van der Waals surface area (Å²) in [5, 5.41) is 7.43. The first-order valence-electron chi connectivity index (χ1n) is 8.43. The quantitative estimate of drug-likeness (QED) is 0.755. The van der Waals surface area contributed by atoms with Crippen molar-refractivity contribution in [3.05, 3.63) is 70.5 Å². The molecule has 1 aliphatic rings. The highest BCUT2D eigenvalue weighted by Gasteiger charge is 2.28. The molecule has 1 amide bonds. The van der Waals surface area contributed by atoms with Gasteiger partial charge in [0.15, 0.2) is 5.65 Å². The topological polar surface area (TPSA) is 71.6 Å². The smallest absolute Gasteiger partial charge is 0.331 e. The van der Waals surface area contributed by atoms with Crippen LogP contribution in [0.3, 0.4) is 0 Å². The summed E-state index contributed by atoms with van der Waals surface area (Å²) in [6, 6.07) is 11.2. The molecule has 0 spiro atoms. The van der Waals surface area contributed by atoms with Gasteiger partial charge in [-0.05, 0) is 29.8 Å². The van der Waals surface area contributed by atoms with E-state index in [1.165, 1.54) is 21.2 Å². The minimum Gasteiger partial charge on any atom is -0.331 e. The van der Waals surface area contributed by atoms with Crippen LogP contribution >= 0.6 is 0 Å². The van der Waals surface area contributed by atoms with Gasteiger partial charge in [0.05, 0.1) is 6.04 Å². The summed E-state index contributed by atoms with van der Waals surface area (Å²) in [5.41, 5.74) is 0.867. The van der Waals surface area contributed by atoms with E-state index in [-0.39, 0.29) is 30.0 Å². The number of nitrogens with zero attached hydrogens (tertiary/aromatic N) is 4. The van der Waals surface area contributed by atoms with Gasteiger partial charge < -0.3 is 10.2 Å². The third-order valence-corrected chi connectivity index (χ3v) is 4.57. The fourth-order valence-corrected chi connectivity index (χ4v) is 3.30. The first-order chi connectivity index (χ1) is 12.6. The molecule has 1 saturated heterocycles. The van der Waals surface area contributed by atoms with Crippen LogP contribution in [0.1, 0.15) is 11.6 Å². The minimum atomic E-state index is -0.355. The van der Waals surface area contributed by atoms with Gasteiger partial charge in [-0.2, -0.15) is 0 Å². The average Bonchev–Trinajstić information content (AvgIpc) is 2.98. The number of aromatic nitrogens is 3. The van der Waals surface area contributed by atoms with Crippen molar-refractivity contribution in [2.75, 3.05) is 19.6 Å². The molecule has 0 bridgehead atoms. The summed E-state index contributed by atoms with van der Waals surface area (Å²) in [7, 11) is 0. The molecule has 1 aliphatic heterocycles. The lowest BCUT2D eigenvalue weighted by Gasteiger charge is -2.36. The van der Waals surface area contributed by atoms with Crippen LogP contribution in [0.4, 0.5) is 4.39 Å². The van der Waals surface area contributed by atoms with Crippen LogP contribution in [0.2, 0.25) is 0 Å². The largest absolute Gasteiger partial charge is 0.350 e. The van der Waals surface area contributed by atoms with Crippen LogP contribution in [0.5, 0.6) is 0 Å². The Bertz CT molecular complexity index is 1010. The molecule has 4 rings (SSSR count). The van der Waals surface area contributed by atoms with E-state index in [2.05, 4.69) is 10.4 Å². The number of halogens is 1. The predicted molar refractivity (Wildman–Crippen MR) is 93.2 cm³/mol. The van der Waals surface area contributed by atoms with E-state index in [0.29, 0.717) is 25.3 Å². The van der Waals surface area contributed by atoms with Crippen molar-refractivity contribution >= 4 is 11.6 Å². The number of fused-ring (bicyclic) bond motifs is 1. The Labute approximate surface area is 148 Å². The summed E-state index contributed by atoms with van der Waals surface area (Å²) in [6.07, 6.45) is 1.62. The zero-order valence-corrected chi connectivity index (χ0v) is 14.0. The Morgan fingerprint density at radius 1 is 1.27 bits per heavy atom. The molecule has 7 nitrogen and oxygen atoms in total. The van der Waals surface area contributed by atoms with Gasteiger partial charge in [-0.3, -0.25) is 9.20 Å². The van der Waals surface area contributed by atoms with Crippen molar-refractivity contribution in [1.29, 1.82) is 0 Å². The summed E-state index contributed by atoms with van der Waals surface area (Å²) >= 11 is 0. The Hall–Kier alpha value is -3.00. The summed E-state index contributed by atoms with van der Waals surface area (Å²) in [6.45, 7) is 1.53. The first kappa shape index (κ1) is 16.5. The molecule has 134 valence electrons. The fourth-order valence-electron chi connectivity index (χ4n) is 3.30. The molecule has 0 radical (unpaired) electrons. The standard InChI is InChI=1S/C18H18FN5O2/c19-14-5-3-4-13(10-14)15-11-20-7-9-22(15)17(25)12-24-18(26)23-8-2-1-6-16(23)21-24/h1-6,8,10,15,20H,7,9,11-12H2. The van der Waals surface area contributed by atoms with Gasteiger partial charge in [0, 0.05) is 25.8 Å². The van der Waals surface area contributed by atoms with E-state index in [9.17, 15) is 14.0 Å². The lowest BCUT2D eigenvalue weighted by Crippen LogP contribution is -2.50. The predicted octanol–water partition coefficient (Wildman–Crippen LogP) is 0.808. The van der Waals surface area contributed by atoms with Crippen LogP contribution in [0.15, 0.2) is 53.5 Å². The number of nitrogens with one attached hydrogen (secondary N) is 1. The van der Waals surface area contributed by atoms with Crippen molar-refractivity contribution in [3.8, 4) is 0 Å². The van der Waals surface area contributed by atoms with Crippen molar-refractivity contribution in [2.45, 2.75) is 12.6 Å². The van der Waals surface area contributed by atoms with Crippen LogP contribution < -0.4 is 11.0 Å². The molecule has 1 atom stereocenters. The van der Waals surface area contributed by atoms with Crippen LogP contribution in [0, 0.1) is 5.82 Å². The van der Waals surface area contributed by atoms with Crippen LogP contribution in [0.25, 0.3) is 5.65 Å². The van der Waals surface area contributed by atoms with Gasteiger partial charge >= 0.3 is 5.69 Å². The molecule has 8 heteroatoms. The van der Waals surface area contributed by atoms with E-state index >= 15 is 0 Å². The van der Waals surface area contributed by atoms with E-state index < -0.39 is 0 Å². The zero-order chi connectivity index (χ0) is 18.1. The van der Waals surface area contributed by atoms with Crippen molar-refractivity contribution < 1.29 is 9.18 Å². The molecule has 3 aromatic rings. The molecular formula is C18H18FN5O2. The Balaban J connectivity index is 1.61. The molecule has 3 heterocycles. The van der Waals surface area contributed by atoms with E-state index in [0.717, 1.165) is 5.56 Å². The van der Waals surface area contributed by atoms with Crippen LogP contribution in [-0.4, -0.2) is 44.6 Å². The second-order valence-electron chi connectivity index (χ2n) is 6.23. The number of amides is 1. The van der Waals surface area contributed by atoms with Gasteiger partial charge in [-0.25, -0.2) is 13.9 Å². The molecule has 1 fully saturated rings. The summed E-state index contributed by atoms with van der Waals surface area (Å²) < 4.78 is 16.2. The van der Waals surface area contributed by atoms with Gasteiger partial charge in [0.1, 0.15) is 12.4 Å². The minimum absolute atomic E-state index is 0.146. The van der Waals surface area contributed by atoms with Gasteiger partial charge in [-0.15, -0.1) is 5.10 Å². The van der Waals surface area contributed by atoms with E-state index in [1.807, 2.05) is 0 Å². The Kier molecular flexibility index (Phi) is 4.26. The van der Waals surface area contributed by atoms with Crippen molar-refractivity contribution in [2.24, 2.45) is 0 Å². The number of carbonyl (C=O) groups is 1. The number of rotatable bonds is 3. The maximum Gasteiger partial charge on any atom is 0.350 e. The van der Waals surface area contributed by atoms with Crippen LogP contribution in [-0.2, 0) is 11.3 Å². The molecule has 2 aromatic heterocycles. The Morgan fingerprint density at radius 3 is 2.96 bits per heavy atom. The SMILES string of the molecule is O=C(Cn1nc2ccccn2c1=O)N1CCNCC1c1cccc(F)c1. The molecule has 1 N–H and O–H groups in total. The highest BCUT2D eigenvalue weighted by atomic mass is 19.1. The highest BCUT2D eigenvalue weighted by molar-refractivity contribution is 5.76. The molecule has 0 saturated carbocycles.